The molecule has 0 aromatic carbocycles. The van der Waals surface area contributed by atoms with Crippen LogP contribution in [0.15, 0.2) is 0 Å². The van der Waals surface area contributed by atoms with Crippen LogP contribution in [0, 0.1) is 5.41 Å². The lowest BCUT2D eigenvalue weighted by atomic mass is 9.72. The molecule has 0 aromatic rings. The van der Waals surface area contributed by atoms with Gasteiger partial charge in [0.1, 0.15) is 0 Å². The Morgan fingerprint density at radius 1 is 1.17 bits per heavy atom. The Labute approximate surface area is 76.9 Å². The zero-order chi connectivity index (χ0) is 9.99. The van der Waals surface area contributed by atoms with Gasteiger partial charge in [-0.3, -0.25) is 0 Å². The Morgan fingerprint density at radius 3 is 1.83 bits per heavy atom. The highest BCUT2D eigenvalue weighted by Crippen LogP contribution is 2.32. The lowest BCUT2D eigenvalue weighted by molar-refractivity contribution is 0.0847. The molecule has 0 saturated heterocycles. The Balaban J connectivity index is 4.58. The van der Waals surface area contributed by atoms with Gasteiger partial charge < -0.3 is 16.3 Å². The molecule has 0 aliphatic rings. The summed E-state index contributed by atoms with van der Waals surface area (Å²) in [5.74, 6) is 0. The molecular formula is C8H22BN3. The average Bonchev–Trinajstić information content (AvgIpc) is 2.02. The predicted octanol–water partition coefficient (Wildman–Crippen LogP) is -0.484. The fourth-order valence-electron chi connectivity index (χ4n) is 0.995. The van der Waals surface area contributed by atoms with Crippen molar-refractivity contribution in [3.05, 3.63) is 0 Å². The molecule has 0 rings (SSSR count). The van der Waals surface area contributed by atoms with Crippen molar-refractivity contribution in [3.63, 3.8) is 0 Å². The van der Waals surface area contributed by atoms with E-state index in [1.165, 1.54) is 0 Å². The van der Waals surface area contributed by atoms with Crippen LogP contribution in [0.4, 0.5) is 0 Å². The number of hydrogen-bond acceptors (Lipinski definition) is 3. The molecular weight excluding hydrogens is 149 g/mol. The van der Waals surface area contributed by atoms with Gasteiger partial charge in [-0.1, -0.05) is 13.8 Å². The monoisotopic (exact) mass is 171 g/mol. The maximum Gasteiger partial charge on any atom is 0.187 e. The van der Waals surface area contributed by atoms with Crippen molar-refractivity contribution in [1.82, 2.24) is 4.81 Å². The maximum atomic E-state index is 5.72. The van der Waals surface area contributed by atoms with Gasteiger partial charge in [0.25, 0.3) is 0 Å². The molecule has 0 radical (unpaired) electrons. The van der Waals surface area contributed by atoms with E-state index in [1.807, 2.05) is 7.98 Å². The van der Waals surface area contributed by atoms with Gasteiger partial charge in [-0.05, 0) is 25.8 Å². The summed E-state index contributed by atoms with van der Waals surface area (Å²) in [5, 5.41) is 0. The largest absolute Gasteiger partial charge is 0.332 e. The van der Waals surface area contributed by atoms with Crippen molar-refractivity contribution in [3.8, 4) is 0 Å². The molecule has 0 aliphatic heterocycles. The third kappa shape index (κ3) is 2.00. The van der Waals surface area contributed by atoms with E-state index in [9.17, 15) is 0 Å². The van der Waals surface area contributed by atoms with E-state index in [0.717, 1.165) is 0 Å². The average molecular weight is 171 g/mol. The molecule has 0 fully saturated rings. The SMILES string of the molecule is BN(CN)C(C)(C)C(C)(C)CN. The second-order valence-electron chi connectivity index (χ2n) is 4.53. The predicted molar refractivity (Wildman–Crippen MR) is 56.4 cm³/mol. The van der Waals surface area contributed by atoms with Gasteiger partial charge in [-0.25, -0.2) is 0 Å². The molecule has 72 valence electrons. The van der Waals surface area contributed by atoms with Gasteiger partial charge in [0.2, 0.25) is 0 Å². The molecule has 3 nitrogen and oxygen atoms in total. The molecule has 0 heterocycles. The maximum absolute atomic E-state index is 5.72. The summed E-state index contributed by atoms with van der Waals surface area (Å²) in [6.07, 6.45) is 0. The van der Waals surface area contributed by atoms with Gasteiger partial charge in [0.05, 0.1) is 0 Å². The first-order chi connectivity index (χ1) is 5.29. The molecule has 0 aliphatic carbocycles. The van der Waals surface area contributed by atoms with E-state index in [4.69, 9.17) is 11.5 Å². The smallest absolute Gasteiger partial charge is 0.187 e. The Morgan fingerprint density at radius 2 is 1.58 bits per heavy atom. The second-order valence-corrected chi connectivity index (χ2v) is 4.53. The standard InChI is InChI=1S/C8H22BN3/c1-7(2,5-10)8(3,4)12(9)6-11/h5-6,9-11H2,1-4H3. The van der Waals surface area contributed by atoms with Crippen LogP contribution >= 0.6 is 0 Å². The first-order valence-electron chi connectivity index (χ1n) is 4.41. The van der Waals surface area contributed by atoms with Crippen molar-refractivity contribution in [2.75, 3.05) is 13.2 Å². The van der Waals surface area contributed by atoms with Crippen LogP contribution in [-0.2, 0) is 0 Å². The summed E-state index contributed by atoms with van der Waals surface area (Å²) < 4.78 is 0. The van der Waals surface area contributed by atoms with E-state index in [1.54, 1.807) is 0 Å². The third-order valence-corrected chi connectivity index (χ3v) is 3.39. The lowest BCUT2D eigenvalue weighted by Gasteiger charge is -2.47. The van der Waals surface area contributed by atoms with Crippen LogP contribution < -0.4 is 11.5 Å². The topological polar surface area (TPSA) is 55.3 Å². The van der Waals surface area contributed by atoms with Gasteiger partial charge in [-0.15, -0.1) is 0 Å². The van der Waals surface area contributed by atoms with Crippen molar-refractivity contribution < 1.29 is 0 Å². The van der Waals surface area contributed by atoms with E-state index >= 15 is 0 Å². The molecule has 0 aromatic heterocycles. The molecule has 0 saturated carbocycles. The second kappa shape index (κ2) is 3.77. The molecule has 4 N–H and O–H groups in total. The highest BCUT2D eigenvalue weighted by Gasteiger charge is 2.37. The minimum Gasteiger partial charge on any atom is -0.332 e. The normalized spacial score (nSPS) is 13.9. The van der Waals surface area contributed by atoms with E-state index in [-0.39, 0.29) is 11.0 Å². The number of hydrogen-bond donors (Lipinski definition) is 2. The van der Waals surface area contributed by atoms with E-state index < -0.39 is 0 Å². The minimum atomic E-state index is 0.0382. The number of nitrogens with two attached hydrogens (primary N) is 2. The molecule has 0 atom stereocenters. The van der Waals surface area contributed by atoms with Crippen molar-refractivity contribution >= 4 is 7.98 Å². The number of rotatable bonds is 4. The lowest BCUT2D eigenvalue weighted by Crippen LogP contribution is -2.57. The molecule has 0 unspecified atom stereocenters. The fraction of sp³-hybridized carbons (Fsp3) is 1.00. The van der Waals surface area contributed by atoms with Gasteiger partial charge in [0, 0.05) is 12.2 Å². The summed E-state index contributed by atoms with van der Waals surface area (Å²) in [7, 11) is 2.03. The van der Waals surface area contributed by atoms with Gasteiger partial charge >= 0.3 is 0 Å². The highest BCUT2D eigenvalue weighted by molar-refractivity contribution is 6.04. The minimum absolute atomic E-state index is 0.0382. The van der Waals surface area contributed by atoms with Crippen LogP contribution in [0.2, 0.25) is 0 Å². The van der Waals surface area contributed by atoms with E-state index in [2.05, 4.69) is 32.5 Å². The summed E-state index contributed by atoms with van der Waals surface area (Å²) >= 11 is 0. The van der Waals surface area contributed by atoms with E-state index in [0.29, 0.717) is 13.2 Å². The summed E-state index contributed by atoms with van der Waals surface area (Å²) in [6.45, 7) is 9.92. The third-order valence-electron chi connectivity index (χ3n) is 3.39. The number of nitrogens with zero attached hydrogens (tertiary/aromatic N) is 1. The highest BCUT2D eigenvalue weighted by atomic mass is 15.2. The van der Waals surface area contributed by atoms with Crippen molar-refractivity contribution in [2.45, 2.75) is 33.2 Å². The van der Waals surface area contributed by atoms with Crippen LogP contribution in [0.25, 0.3) is 0 Å². The Hall–Kier alpha value is -0.0551. The van der Waals surface area contributed by atoms with Crippen LogP contribution in [0.1, 0.15) is 27.7 Å². The Kier molecular flexibility index (Phi) is 3.75. The Bertz CT molecular complexity index is 145. The van der Waals surface area contributed by atoms with Crippen LogP contribution in [0.3, 0.4) is 0 Å². The van der Waals surface area contributed by atoms with Crippen molar-refractivity contribution in [2.24, 2.45) is 16.9 Å². The zero-order valence-corrected chi connectivity index (χ0v) is 9.02. The van der Waals surface area contributed by atoms with Gasteiger partial charge in [0.15, 0.2) is 7.98 Å². The molecule has 0 bridgehead atoms. The quantitative estimate of drug-likeness (QED) is 0.443. The molecule has 0 amide bonds. The summed E-state index contributed by atoms with van der Waals surface area (Å²) in [5.41, 5.74) is 11.4. The van der Waals surface area contributed by atoms with Crippen LogP contribution in [0.5, 0.6) is 0 Å². The fourth-order valence-corrected chi connectivity index (χ4v) is 0.995. The summed E-state index contributed by atoms with van der Waals surface area (Å²) in [4.78, 5) is 2.12. The first-order valence-corrected chi connectivity index (χ1v) is 4.41. The molecule has 4 heteroatoms. The molecule has 0 spiro atoms. The summed E-state index contributed by atoms with van der Waals surface area (Å²) in [6, 6.07) is 0. The first kappa shape index (κ1) is 11.9. The van der Waals surface area contributed by atoms with Crippen molar-refractivity contribution in [1.29, 1.82) is 0 Å². The van der Waals surface area contributed by atoms with Crippen LogP contribution in [-0.4, -0.2) is 31.5 Å². The molecule has 12 heavy (non-hydrogen) atoms. The zero-order valence-electron chi connectivity index (χ0n) is 9.02. The van der Waals surface area contributed by atoms with Gasteiger partial charge in [-0.2, -0.15) is 0 Å².